The highest BCUT2D eigenvalue weighted by molar-refractivity contribution is 5.94. The second kappa shape index (κ2) is 12.5. The Hall–Kier alpha value is -4.33. The molecule has 0 saturated carbocycles. The van der Waals surface area contributed by atoms with Gasteiger partial charge in [0.05, 0.1) is 23.3 Å². The lowest BCUT2D eigenvalue weighted by Gasteiger charge is -2.34. The molecule has 0 atom stereocenters. The van der Waals surface area contributed by atoms with E-state index in [-0.39, 0.29) is 18.1 Å². The molecule has 0 aromatic heterocycles. The van der Waals surface area contributed by atoms with Crippen LogP contribution in [0.25, 0.3) is 0 Å². The van der Waals surface area contributed by atoms with Crippen LogP contribution < -0.4 is 15.0 Å². The van der Waals surface area contributed by atoms with Crippen LogP contribution in [0, 0.1) is 22.7 Å². The van der Waals surface area contributed by atoms with Crippen LogP contribution in [0.2, 0.25) is 0 Å². The average molecular weight is 520 g/mol. The lowest BCUT2D eigenvalue weighted by atomic mass is 10.0. The topological polar surface area (TPSA) is 92.4 Å². The molecular formula is C32H33N5O2. The summed E-state index contributed by atoms with van der Waals surface area (Å²) >= 11 is 0. The Morgan fingerprint density at radius 3 is 2.13 bits per heavy atom. The number of rotatable bonds is 7. The first-order valence-corrected chi connectivity index (χ1v) is 13.6. The van der Waals surface area contributed by atoms with Crippen molar-refractivity contribution in [3.05, 3.63) is 95.1 Å². The summed E-state index contributed by atoms with van der Waals surface area (Å²) in [5.74, 6) is 0.679. The first-order chi connectivity index (χ1) is 19.1. The zero-order valence-corrected chi connectivity index (χ0v) is 22.1. The Morgan fingerprint density at radius 1 is 0.846 bits per heavy atom. The van der Waals surface area contributed by atoms with E-state index in [2.05, 4.69) is 27.3 Å². The van der Waals surface area contributed by atoms with E-state index in [4.69, 9.17) is 15.3 Å². The SMILES string of the molecule is N#Cc1ccc(CN2CCC(NC(=O)c3cccc(OC4CCN(c5ccc(C#N)cc5)CC4)c3)CC2)cc1. The Labute approximate surface area is 230 Å². The number of carbonyl (C=O) groups excluding carboxylic acids is 1. The molecule has 3 aromatic carbocycles. The first-order valence-electron chi connectivity index (χ1n) is 13.6. The van der Waals surface area contributed by atoms with Crippen molar-refractivity contribution < 1.29 is 9.53 Å². The van der Waals surface area contributed by atoms with Crippen molar-refractivity contribution in [1.29, 1.82) is 10.5 Å². The van der Waals surface area contributed by atoms with E-state index < -0.39 is 0 Å². The van der Waals surface area contributed by atoms with E-state index in [1.54, 1.807) is 0 Å². The summed E-state index contributed by atoms with van der Waals surface area (Å²) in [5, 5.41) is 21.2. The highest BCUT2D eigenvalue weighted by atomic mass is 16.5. The smallest absolute Gasteiger partial charge is 0.251 e. The van der Waals surface area contributed by atoms with Gasteiger partial charge in [-0.05, 0) is 73.0 Å². The molecule has 2 heterocycles. The molecule has 0 spiro atoms. The van der Waals surface area contributed by atoms with Gasteiger partial charge >= 0.3 is 0 Å². The van der Waals surface area contributed by atoms with E-state index in [1.165, 1.54) is 5.56 Å². The molecule has 39 heavy (non-hydrogen) atoms. The summed E-state index contributed by atoms with van der Waals surface area (Å²) in [6.07, 6.45) is 3.74. The number of hydrogen-bond acceptors (Lipinski definition) is 6. The normalized spacial score (nSPS) is 16.7. The maximum Gasteiger partial charge on any atom is 0.251 e. The zero-order chi connectivity index (χ0) is 27.0. The Balaban J connectivity index is 1.07. The fourth-order valence-corrected chi connectivity index (χ4v) is 5.33. The minimum Gasteiger partial charge on any atom is -0.490 e. The van der Waals surface area contributed by atoms with Gasteiger partial charge in [-0.25, -0.2) is 0 Å². The van der Waals surface area contributed by atoms with Gasteiger partial charge in [-0.1, -0.05) is 18.2 Å². The molecule has 7 nitrogen and oxygen atoms in total. The highest BCUT2D eigenvalue weighted by Crippen LogP contribution is 2.24. The van der Waals surface area contributed by atoms with Crippen molar-refractivity contribution in [3.8, 4) is 17.9 Å². The molecule has 2 aliphatic rings. The van der Waals surface area contributed by atoms with E-state index in [9.17, 15) is 4.79 Å². The van der Waals surface area contributed by atoms with Crippen LogP contribution in [0.5, 0.6) is 5.75 Å². The zero-order valence-electron chi connectivity index (χ0n) is 22.1. The van der Waals surface area contributed by atoms with Gasteiger partial charge in [0.25, 0.3) is 5.91 Å². The number of likely N-dealkylation sites (tertiary alicyclic amines) is 1. The summed E-state index contributed by atoms with van der Waals surface area (Å²) in [6, 6.07) is 27.4. The van der Waals surface area contributed by atoms with Crippen LogP contribution in [0.4, 0.5) is 5.69 Å². The number of piperidine rings is 2. The van der Waals surface area contributed by atoms with Crippen LogP contribution >= 0.6 is 0 Å². The van der Waals surface area contributed by atoms with Crippen molar-refractivity contribution in [3.63, 3.8) is 0 Å². The molecule has 2 fully saturated rings. The number of amides is 1. The third-order valence-electron chi connectivity index (χ3n) is 7.61. The maximum atomic E-state index is 13.0. The summed E-state index contributed by atoms with van der Waals surface area (Å²) in [7, 11) is 0. The third kappa shape index (κ3) is 6.96. The molecule has 1 N–H and O–H groups in total. The molecule has 5 rings (SSSR count). The van der Waals surface area contributed by atoms with Crippen LogP contribution in [0.3, 0.4) is 0 Å². The summed E-state index contributed by atoms with van der Waals surface area (Å²) in [5.41, 5.74) is 4.31. The monoisotopic (exact) mass is 519 g/mol. The molecule has 1 amide bonds. The highest BCUT2D eigenvalue weighted by Gasteiger charge is 2.23. The molecule has 0 bridgehead atoms. The summed E-state index contributed by atoms with van der Waals surface area (Å²) in [6.45, 7) is 4.49. The van der Waals surface area contributed by atoms with Crippen molar-refractivity contribution in [1.82, 2.24) is 10.2 Å². The Morgan fingerprint density at radius 2 is 1.49 bits per heavy atom. The number of nitriles is 2. The van der Waals surface area contributed by atoms with Crippen LogP contribution in [-0.4, -0.2) is 49.1 Å². The molecule has 198 valence electrons. The maximum absolute atomic E-state index is 13.0. The quantitative estimate of drug-likeness (QED) is 0.479. The number of carbonyl (C=O) groups is 1. The van der Waals surface area contributed by atoms with E-state index in [1.807, 2.05) is 72.8 Å². The molecule has 2 aliphatic heterocycles. The van der Waals surface area contributed by atoms with Gasteiger partial charge in [0.15, 0.2) is 0 Å². The van der Waals surface area contributed by atoms with Crippen molar-refractivity contribution >= 4 is 11.6 Å². The van der Waals surface area contributed by atoms with Gasteiger partial charge in [0.1, 0.15) is 11.9 Å². The van der Waals surface area contributed by atoms with Gasteiger partial charge in [0, 0.05) is 62.9 Å². The van der Waals surface area contributed by atoms with Gasteiger partial charge in [0.2, 0.25) is 0 Å². The van der Waals surface area contributed by atoms with E-state index >= 15 is 0 Å². The summed E-state index contributed by atoms with van der Waals surface area (Å²) in [4.78, 5) is 17.7. The number of ether oxygens (including phenoxy) is 1. The molecule has 0 unspecified atom stereocenters. The van der Waals surface area contributed by atoms with Crippen LogP contribution in [0.1, 0.15) is 52.7 Å². The van der Waals surface area contributed by atoms with Gasteiger partial charge in [-0.15, -0.1) is 0 Å². The second-order valence-electron chi connectivity index (χ2n) is 10.3. The van der Waals surface area contributed by atoms with Crippen LogP contribution in [0.15, 0.2) is 72.8 Å². The minimum absolute atomic E-state index is 0.0540. The lowest BCUT2D eigenvalue weighted by Crippen LogP contribution is -2.44. The molecule has 7 heteroatoms. The number of nitrogens with one attached hydrogen (secondary N) is 1. The molecular weight excluding hydrogens is 486 g/mol. The number of anilines is 1. The molecule has 2 saturated heterocycles. The molecule has 3 aromatic rings. The number of hydrogen-bond donors (Lipinski definition) is 1. The standard InChI is InChI=1S/C32H33N5O2/c33-21-24-4-6-26(7-5-24)23-36-16-12-28(13-17-36)35-32(38)27-2-1-3-31(20-27)39-30-14-18-37(19-15-30)29-10-8-25(22-34)9-11-29/h1-11,20,28,30H,12-19,23H2,(H,35,38). The largest absolute Gasteiger partial charge is 0.490 e. The molecule has 0 radical (unpaired) electrons. The van der Waals surface area contributed by atoms with Gasteiger partial charge in [-0.2, -0.15) is 10.5 Å². The van der Waals surface area contributed by atoms with Crippen molar-refractivity contribution in [2.75, 3.05) is 31.1 Å². The van der Waals surface area contributed by atoms with E-state index in [0.717, 1.165) is 69.8 Å². The first kappa shape index (κ1) is 26.3. The fraction of sp³-hybridized carbons (Fsp3) is 0.344. The third-order valence-corrected chi connectivity index (χ3v) is 7.61. The predicted molar refractivity (Wildman–Crippen MR) is 150 cm³/mol. The summed E-state index contributed by atoms with van der Waals surface area (Å²) < 4.78 is 6.27. The van der Waals surface area contributed by atoms with Gasteiger partial charge < -0.3 is 15.0 Å². The Kier molecular flexibility index (Phi) is 8.41. The van der Waals surface area contributed by atoms with Gasteiger partial charge in [-0.3, -0.25) is 9.69 Å². The average Bonchev–Trinajstić information content (AvgIpc) is 2.99. The molecule has 0 aliphatic carbocycles. The van der Waals surface area contributed by atoms with Crippen molar-refractivity contribution in [2.45, 2.75) is 44.4 Å². The number of benzene rings is 3. The predicted octanol–water partition coefficient (Wildman–Crippen LogP) is 4.87. The van der Waals surface area contributed by atoms with Crippen molar-refractivity contribution in [2.24, 2.45) is 0 Å². The van der Waals surface area contributed by atoms with E-state index in [0.29, 0.717) is 16.7 Å². The Bertz CT molecular complexity index is 1340. The van der Waals surface area contributed by atoms with Crippen LogP contribution in [-0.2, 0) is 6.54 Å². The second-order valence-corrected chi connectivity index (χ2v) is 10.3. The minimum atomic E-state index is -0.0540. The number of nitrogens with zero attached hydrogens (tertiary/aromatic N) is 4. The lowest BCUT2D eigenvalue weighted by molar-refractivity contribution is 0.0907. The fourth-order valence-electron chi connectivity index (χ4n) is 5.33.